The Balaban J connectivity index is 0.000000185. The molecule has 23 heavy (non-hydrogen) atoms. The molecule has 0 radical (unpaired) electrons. The number of hydrogen-bond acceptors (Lipinski definition) is 2. The first-order chi connectivity index (χ1) is 11.0. The van der Waals surface area contributed by atoms with Gasteiger partial charge in [-0.25, -0.2) is 0 Å². The third-order valence-electron chi connectivity index (χ3n) is 3.64. The van der Waals surface area contributed by atoms with Crippen molar-refractivity contribution in [2.75, 3.05) is 0 Å². The Morgan fingerprint density at radius 3 is 1.65 bits per heavy atom. The van der Waals surface area contributed by atoms with Crippen LogP contribution in [0.25, 0.3) is 11.1 Å². The van der Waals surface area contributed by atoms with Gasteiger partial charge in [-0.05, 0) is 55.2 Å². The van der Waals surface area contributed by atoms with E-state index < -0.39 is 0 Å². The van der Waals surface area contributed by atoms with Gasteiger partial charge in [0.1, 0.15) is 11.5 Å². The molecule has 0 saturated heterocycles. The zero-order chi connectivity index (χ0) is 16.8. The highest BCUT2D eigenvalue weighted by molar-refractivity contribution is 5.65. The minimum absolute atomic E-state index is 0.309. The Bertz CT molecular complexity index is 728. The van der Waals surface area contributed by atoms with Crippen LogP contribution in [0.3, 0.4) is 0 Å². The molecule has 3 rings (SSSR count). The largest absolute Gasteiger partial charge is 0.508 e. The van der Waals surface area contributed by atoms with E-state index >= 15 is 0 Å². The summed E-state index contributed by atoms with van der Waals surface area (Å²) in [6, 6.07) is 21.3. The van der Waals surface area contributed by atoms with Crippen molar-refractivity contribution in [3.63, 3.8) is 0 Å². The Hall–Kier alpha value is -2.74. The molecule has 3 aromatic rings. The molecule has 2 N–H and O–H groups in total. The third kappa shape index (κ3) is 4.62. The van der Waals surface area contributed by atoms with Gasteiger partial charge in [0.25, 0.3) is 0 Å². The molecule has 3 aromatic carbocycles. The highest BCUT2D eigenvalue weighted by atomic mass is 16.3. The lowest BCUT2D eigenvalue weighted by Crippen LogP contribution is -1.78. The number of phenolic OH excluding ortho intramolecular Hbond substituents is 2. The normalized spacial score (nSPS) is 9.87. The monoisotopic (exact) mass is 306 g/mol. The van der Waals surface area contributed by atoms with Crippen LogP contribution >= 0.6 is 0 Å². The first-order valence-corrected chi connectivity index (χ1v) is 7.58. The highest BCUT2D eigenvalue weighted by Crippen LogP contribution is 2.23. The minimum Gasteiger partial charge on any atom is -0.508 e. The molecule has 118 valence electrons. The van der Waals surface area contributed by atoms with Crippen molar-refractivity contribution in [1.82, 2.24) is 0 Å². The van der Waals surface area contributed by atoms with Crippen LogP contribution in [0.5, 0.6) is 11.5 Å². The summed E-state index contributed by atoms with van der Waals surface area (Å²) in [5, 5.41) is 18.5. The zero-order valence-corrected chi connectivity index (χ0v) is 13.7. The Labute approximate surface area is 137 Å². The standard InChI is InChI=1S/C13H12O.C8H10O/c1-10-4-2-5-11(8-10)12-6-3-7-13(14)9-12;1-6-4-3-5-7(2)8(6)9/h2-9,14H,1H3;3-5,9H,1-2H3. The van der Waals surface area contributed by atoms with E-state index in [2.05, 4.69) is 19.1 Å². The first-order valence-electron chi connectivity index (χ1n) is 7.58. The first kappa shape index (κ1) is 16.6. The van der Waals surface area contributed by atoms with Crippen molar-refractivity contribution in [3.05, 3.63) is 83.4 Å². The average molecular weight is 306 g/mol. The topological polar surface area (TPSA) is 40.5 Å². The number of benzene rings is 3. The Morgan fingerprint density at radius 1 is 0.609 bits per heavy atom. The maximum Gasteiger partial charge on any atom is 0.121 e. The summed E-state index contributed by atoms with van der Waals surface area (Å²) in [6.45, 7) is 5.84. The molecule has 0 amide bonds. The zero-order valence-electron chi connectivity index (χ0n) is 13.7. The predicted molar refractivity (Wildman–Crippen MR) is 95.9 cm³/mol. The molecular weight excluding hydrogens is 284 g/mol. The summed E-state index contributed by atoms with van der Waals surface area (Å²) in [4.78, 5) is 0. The van der Waals surface area contributed by atoms with Gasteiger partial charge in [0.15, 0.2) is 0 Å². The number of phenols is 2. The second kappa shape index (κ2) is 7.50. The summed E-state index contributed by atoms with van der Waals surface area (Å²) in [5.74, 6) is 0.724. The molecule has 0 aliphatic heterocycles. The number of rotatable bonds is 1. The predicted octanol–water partition coefficient (Wildman–Crippen LogP) is 5.38. The van der Waals surface area contributed by atoms with E-state index in [0.717, 1.165) is 22.3 Å². The van der Waals surface area contributed by atoms with Gasteiger partial charge in [-0.2, -0.15) is 0 Å². The van der Waals surface area contributed by atoms with Crippen molar-refractivity contribution in [3.8, 4) is 22.6 Å². The van der Waals surface area contributed by atoms with Crippen LogP contribution in [0.2, 0.25) is 0 Å². The van der Waals surface area contributed by atoms with Crippen LogP contribution in [0, 0.1) is 20.8 Å². The molecular formula is C21H22O2. The maximum atomic E-state index is 9.34. The summed E-state index contributed by atoms with van der Waals surface area (Å²) in [7, 11) is 0. The highest BCUT2D eigenvalue weighted by Gasteiger charge is 1.98. The molecule has 0 heterocycles. The van der Waals surface area contributed by atoms with Gasteiger partial charge in [0.2, 0.25) is 0 Å². The van der Waals surface area contributed by atoms with E-state index in [1.54, 1.807) is 12.1 Å². The lowest BCUT2D eigenvalue weighted by Gasteiger charge is -2.02. The Kier molecular flexibility index (Phi) is 5.42. The number of aromatic hydroxyl groups is 2. The van der Waals surface area contributed by atoms with Crippen LogP contribution < -0.4 is 0 Å². The molecule has 2 heteroatoms. The van der Waals surface area contributed by atoms with Gasteiger partial charge >= 0.3 is 0 Å². The van der Waals surface area contributed by atoms with Gasteiger partial charge in [-0.1, -0.05) is 60.2 Å². The van der Waals surface area contributed by atoms with Gasteiger partial charge in [-0.15, -0.1) is 0 Å². The van der Waals surface area contributed by atoms with Gasteiger partial charge < -0.3 is 10.2 Å². The van der Waals surface area contributed by atoms with Crippen LogP contribution in [0.4, 0.5) is 0 Å². The van der Waals surface area contributed by atoms with Crippen LogP contribution in [0.15, 0.2) is 66.7 Å². The number of para-hydroxylation sites is 1. The number of hydrogen-bond donors (Lipinski definition) is 2. The lowest BCUT2D eigenvalue weighted by molar-refractivity contribution is 0.467. The molecule has 0 aliphatic carbocycles. The van der Waals surface area contributed by atoms with E-state index in [4.69, 9.17) is 0 Å². The molecule has 2 nitrogen and oxygen atoms in total. The van der Waals surface area contributed by atoms with Crippen LogP contribution in [0.1, 0.15) is 16.7 Å². The van der Waals surface area contributed by atoms with Gasteiger partial charge in [0.05, 0.1) is 0 Å². The van der Waals surface area contributed by atoms with Gasteiger partial charge in [0, 0.05) is 0 Å². The lowest BCUT2D eigenvalue weighted by atomic mass is 10.0. The summed E-state index contributed by atoms with van der Waals surface area (Å²) < 4.78 is 0. The molecule has 0 fully saturated rings. The third-order valence-corrected chi connectivity index (χ3v) is 3.64. The fourth-order valence-corrected chi connectivity index (χ4v) is 2.32. The summed E-state index contributed by atoms with van der Waals surface area (Å²) >= 11 is 0. The van der Waals surface area contributed by atoms with Crippen LogP contribution in [-0.2, 0) is 0 Å². The molecule has 0 bridgehead atoms. The summed E-state index contributed by atoms with van der Waals surface area (Å²) in [6.07, 6.45) is 0. The van der Waals surface area contributed by atoms with Crippen molar-refractivity contribution >= 4 is 0 Å². The molecule has 0 atom stereocenters. The number of aryl methyl sites for hydroxylation is 3. The SMILES string of the molecule is Cc1cccc(-c2cccc(O)c2)c1.Cc1cccc(C)c1O. The van der Waals surface area contributed by atoms with E-state index in [-0.39, 0.29) is 0 Å². The smallest absolute Gasteiger partial charge is 0.121 e. The quantitative estimate of drug-likeness (QED) is 0.634. The van der Waals surface area contributed by atoms with Gasteiger partial charge in [-0.3, -0.25) is 0 Å². The maximum absolute atomic E-state index is 9.34. The van der Waals surface area contributed by atoms with Crippen molar-refractivity contribution in [2.45, 2.75) is 20.8 Å². The molecule has 0 aromatic heterocycles. The summed E-state index contributed by atoms with van der Waals surface area (Å²) in [5.41, 5.74) is 5.30. The van der Waals surface area contributed by atoms with E-state index in [1.165, 1.54) is 5.56 Å². The van der Waals surface area contributed by atoms with E-state index in [0.29, 0.717) is 11.5 Å². The average Bonchev–Trinajstić information content (AvgIpc) is 2.53. The van der Waals surface area contributed by atoms with E-state index in [1.807, 2.05) is 56.3 Å². The fourth-order valence-electron chi connectivity index (χ4n) is 2.32. The molecule has 0 aliphatic rings. The molecule has 0 spiro atoms. The Morgan fingerprint density at radius 2 is 1.13 bits per heavy atom. The molecule has 0 unspecified atom stereocenters. The van der Waals surface area contributed by atoms with Crippen molar-refractivity contribution < 1.29 is 10.2 Å². The second-order valence-corrected chi connectivity index (χ2v) is 5.66. The van der Waals surface area contributed by atoms with Crippen molar-refractivity contribution in [1.29, 1.82) is 0 Å². The van der Waals surface area contributed by atoms with Crippen LogP contribution in [-0.4, -0.2) is 10.2 Å². The fraction of sp³-hybridized carbons (Fsp3) is 0.143. The molecule has 0 saturated carbocycles. The minimum atomic E-state index is 0.309. The second-order valence-electron chi connectivity index (χ2n) is 5.66. The van der Waals surface area contributed by atoms with Crippen molar-refractivity contribution in [2.24, 2.45) is 0 Å². The van der Waals surface area contributed by atoms with E-state index in [9.17, 15) is 10.2 Å².